The van der Waals surface area contributed by atoms with Crippen LogP contribution < -0.4 is 9.64 Å². The van der Waals surface area contributed by atoms with Crippen molar-refractivity contribution in [3.8, 4) is 5.75 Å². The number of benzene rings is 1. The van der Waals surface area contributed by atoms with Crippen LogP contribution in [0.25, 0.3) is 0 Å². The second-order valence-corrected chi connectivity index (χ2v) is 9.53. The number of carbonyl (C=O) groups excluding carboxylic acids is 1. The predicted octanol–water partition coefficient (Wildman–Crippen LogP) is -0.258. The Morgan fingerprint density at radius 1 is 1.25 bits per heavy atom. The topological polar surface area (TPSA) is 68.1 Å². The van der Waals surface area contributed by atoms with E-state index in [0.29, 0.717) is 30.3 Å². The van der Waals surface area contributed by atoms with E-state index in [1.54, 1.807) is 0 Å². The second kappa shape index (κ2) is 7.41. The second-order valence-electron chi connectivity index (χ2n) is 6.38. The SMILES string of the molecule is O=C(COc1ccc(Br)cc1)N1CC[NH+]([C@H]2CCS(=O)(=O)C2)CC1. The van der Waals surface area contributed by atoms with Gasteiger partial charge in [-0.3, -0.25) is 4.79 Å². The molecule has 1 amide bonds. The van der Waals surface area contributed by atoms with Crippen LogP contribution in [0.4, 0.5) is 0 Å². The molecule has 2 fully saturated rings. The molecule has 3 rings (SSSR count). The molecule has 1 aromatic carbocycles. The molecule has 1 N–H and O–H groups in total. The molecule has 0 bridgehead atoms. The number of piperazine rings is 1. The number of hydrogen-bond donors (Lipinski definition) is 1. The number of nitrogens with zero attached hydrogens (tertiary/aromatic N) is 1. The van der Waals surface area contributed by atoms with E-state index in [1.807, 2.05) is 29.2 Å². The molecule has 2 aliphatic heterocycles. The van der Waals surface area contributed by atoms with Gasteiger partial charge in [-0.05, 0) is 24.3 Å². The number of sulfone groups is 1. The molecule has 0 spiro atoms. The molecule has 1 aromatic rings. The van der Waals surface area contributed by atoms with Gasteiger partial charge in [0, 0.05) is 10.9 Å². The molecule has 8 heteroatoms. The van der Waals surface area contributed by atoms with Crippen molar-refractivity contribution in [1.29, 1.82) is 0 Å². The van der Waals surface area contributed by atoms with Crippen LogP contribution >= 0.6 is 15.9 Å². The van der Waals surface area contributed by atoms with Gasteiger partial charge in [-0.15, -0.1) is 0 Å². The summed E-state index contributed by atoms with van der Waals surface area (Å²) in [5.41, 5.74) is 0. The highest BCUT2D eigenvalue weighted by Crippen LogP contribution is 2.16. The van der Waals surface area contributed by atoms with E-state index >= 15 is 0 Å². The van der Waals surface area contributed by atoms with Crippen LogP contribution in [0.15, 0.2) is 28.7 Å². The lowest BCUT2D eigenvalue weighted by Crippen LogP contribution is -3.18. The Morgan fingerprint density at radius 3 is 2.50 bits per heavy atom. The molecule has 0 saturated carbocycles. The number of hydrogen-bond acceptors (Lipinski definition) is 4. The minimum atomic E-state index is -2.84. The van der Waals surface area contributed by atoms with Crippen molar-refractivity contribution in [3.05, 3.63) is 28.7 Å². The van der Waals surface area contributed by atoms with Crippen LogP contribution in [0.5, 0.6) is 5.75 Å². The van der Waals surface area contributed by atoms with Gasteiger partial charge in [0.25, 0.3) is 5.91 Å². The Balaban J connectivity index is 1.44. The van der Waals surface area contributed by atoms with Crippen molar-refractivity contribution in [2.24, 2.45) is 0 Å². The Labute approximate surface area is 150 Å². The number of quaternary nitrogens is 1. The fraction of sp³-hybridized carbons (Fsp3) is 0.562. The van der Waals surface area contributed by atoms with Crippen LogP contribution in [-0.4, -0.2) is 69.6 Å². The molecular formula is C16H22BrN2O4S+. The summed E-state index contributed by atoms with van der Waals surface area (Å²) in [6.07, 6.45) is 0.748. The average molecular weight is 418 g/mol. The lowest BCUT2D eigenvalue weighted by molar-refractivity contribution is -0.925. The monoisotopic (exact) mass is 417 g/mol. The minimum absolute atomic E-state index is 0.0176. The summed E-state index contributed by atoms with van der Waals surface area (Å²) in [6, 6.07) is 7.58. The van der Waals surface area contributed by atoms with Crippen LogP contribution in [0.1, 0.15) is 6.42 Å². The molecule has 132 valence electrons. The van der Waals surface area contributed by atoms with Crippen molar-refractivity contribution < 1.29 is 22.8 Å². The maximum absolute atomic E-state index is 12.3. The molecule has 0 aromatic heterocycles. The van der Waals surface area contributed by atoms with Crippen molar-refractivity contribution in [2.75, 3.05) is 44.3 Å². The third-order valence-electron chi connectivity index (χ3n) is 4.74. The lowest BCUT2D eigenvalue weighted by atomic mass is 10.2. The molecule has 24 heavy (non-hydrogen) atoms. The molecule has 0 radical (unpaired) electrons. The molecule has 6 nitrogen and oxygen atoms in total. The van der Waals surface area contributed by atoms with E-state index in [2.05, 4.69) is 15.9 Å². The predicted molar refractivity (Wildman–Crippen MR) is 94.0 cm³/mol. The van der Waals surface area contributed by atoms with Crippen LogP contribution in [0, 0.1) is 0 Å². The average Bonchev–Trinajstić information content (AvgIpc) is 2.94. The number of nitrogens with one attached hydrogen (secondary N) is 1. The maximum atomic E-state index is 12.3. The van der Waals surface area contributed by atoms with Crippen LogP contribution in [0.2, 0.25) is 0 Å². The first-order chi connectivity index (χ1) is 11.4. The third kappa shape index (κ3) is 4.49. The molecule has 2 saturated heterocycles. The highest BCUT2D eigenvalue weighted by molar-refractivity contribution is 9.10. The van der Waals surface area contributed by atoms with Gasteiger partial charge < -0.3 is 14.5 Å². The van der Waals surface area contributed by atoms with E-state index in [4.69, 9.17) is 4.74 Å². The molecule has 2 aliphatic rings. The first-order valence-electron chi connectivity index (χ1n) is 8.14. The maximum Gasteiger partial charge on any atom is 0.260 e. The zero-order valence-corrected chi connectivity index (χ0v) is 15.8. The molecule has 0 aliphatic carbocycles. The van der Waals surface area contributed by atoms with E-state index in [-0.39, 0.29) is 18.6 Å². The van der Waals surface area contributed by atoms with Gasteiger partial charge >= 0.3 is 0 Å². The van der Waals surface area contributed by atoms with Gasteiger partial charge in [0.2, 0.25) is 0 Å². The Bertz CT molecular complexity index is 685. The highest BCUT2D eigenvalue weighted by atomic mass is 79.9. The first kappa shape index (κ1) is 17.7. The molecular weight excluding hydrogens is 396 g/mol. The Kier molecular flexibility index (Phi) is 5.46. The van der Waals surface area contributed by atoms with Gasteiger partial charge in [-0.1, -0.05) is 15.9 Å². The van der Waals surface area contributed by atoms with Crippen molar-refractivity contribution in [2.45, 2.75) is 12.5 Å². The van der Waals surface area contributed by atoms with E-state index < -0.39 is 9.84 Å². The van der Waals surface area contributed by atoms with Gasteiger partial charge in [0.15, 0.2) is 16.4 Å². The van der Waals surface area contributed by atoms with Gasteiger partial charge in [0.1, 0.15) is 17.5 Å². The fourth-order valence-corrected chi connectivity index (χ4v) is 5.43. The Hall–Kier alpha value is -1.12. The van der Waals surface area contributed by atoms with Gasteiger partial charge in [-0.2, -0.15) is 0 Å². The quantitative estimate of drug-likeness (QED) is 0.732. The summed E-state index contributed by atoms with van der Waals surface area (Å²) < 4.78 is 29.7. The third-order valence-corrected chi connectivity index (χ3v) is 7.04. The van der Waals surface area contributed by atoms with Crippen LogP contribution in [-0.2, 0) is 14.6 Å². The standard InChI is InChI=1S/C16H21BrN2O4S/c17-13-1-3-15(4-2-13)23-11-16(20)19-8-6-18(7-9-19)14-5-10-24(21,22)12-14/h1-4,14H,5-12H2/p+1/t14-/m0/s1. The van der Waals surface area contributed by atoms with Crippen molar-refractivity contribution in [3.63, 3.8) is 0 Å². The largest absolute Gasteiger partial charge is 0.484 e. The number of halogens is 1. The highest BCUT2D eigenvalue weighted by Gasteiger charge is 2.37. The van der Waals surface area contributed by atoms with Crippen LogP contribution in [0.3, 0.4) is 0 Å². The Morgan fingerprint density at radius 2 is 1.92 bits per heavy atom. The van der Waals surface area contributed by atoms with E-state index in [9.17, 15) is 13.2 Å². The normalized spacial score (nSPS) is 24.0. The zero-order valence-electron chi connectivity index (χ0n) is 13.4. The fourth-order valence-electron chi connectivity index (χ4n) is 3.34. The number of amides is 1. The minimum Gasteiger partial charge on any atom is -0.484 e. The van der Waals surface area contributed by atoms with Gasteiger partial charge in [-0.25, -0.2) is 8.42 Å². The summed E-state index contributed by atoms with van der Waals surface area (Å²) in [4.78, 5) is 15.4. The summed E-state index contributed by atoms with van der Waals surface area (Å²) in [6.45, 7) is 2.98. The lowest BCUT2D eigenvalue weighted by Gasteiger charge is -2.34. The smallest absolute Gasteiger partial charge is 0.260 e. The van der Waals surface area contributed by atoms with Crippen molar-refractivity contribution in [1.82, 2.24) is 4.90 Å². The van der Waals surface area contributed by atoms with Crippen molar-refractivity contribution >= 4 is 31.7 Å². The van der Waals surface area contributed by atoms with E-state index in [1.165, 1.54) is 4.90 Å². The summed E-state index contributed by atoms with van der Waals surface area (Å²) in [5.74, 6) is 1.26. The first-order valence-corrected chi connectivity index (χ1v) is 10.8. The number of carbonyl (C=O) groups is 1. The molecule has 2 heterocycles. The van der Waals surface area contributed by atoms with E-state index in [0.717, 1.165) is 24.0 Å². The zero-order chi connectivity index (χ0) is 17.2. The molecule has 0 unspecified atom stereocenters. The summed E-state index contributed by atoms with van der Waals surface area (Å²) >= 11 is 3.36. The number of rotatable bonds is 4. The van der Waals surface area contributed by atoms with Gasteiger partial charge in [0.05, 0.1) is 31.9 Å². The molecule has 1 atom stereocenters. The number of ether oxygens (including phenoxy) is 1. The summed E-state index contributed by atoms with van der Waals surface area (Å²) in [7, 11) is -2.84. The summed E-state index contributed by atoms with van der Waals surface area (Å²) in [5, 5.41) is 0.